The second kappa shape index (κ2) is 17.0. The van der Waals surface area contributed by atoms with Crippen molar-refractivity contribution in [1.82, 2.24) is 0 Å². The van der Waals surface area contributed by atoms with E-state index in [9.17, 15) is 35.2 Å². The fraction of sp³-hybridized carbons (Fsp3) is 0.850. The lowest BCUT2D eigenvalue weighted by Crippen LogP contribution is -2.42. The third kappa shape index (κ3) is 13.1. The minimum absolute atomic E-state index is 0.00370. The van der Waals surface area contributed by atoms with Gasteiger partial charge in [0.25, 0.3) is 0 Å². The van der Waals surface area contributed by atoms with E-state index in [2.05, 4.69) is 6.92 Å². The molecule has 0 aromatic rings. The van der Waals surface area contributed by atoms with Crippen molar-refractivity contribution in [3.8, 4) is 0 Å². The van der Waals surface area contributed by atoms with Gasteiger partial charge in [-0.25, -0.2) is 0 Å². The third-order valence-electron chi connectivity index (χ3n) is 4.96. The zero-order chi connectivity index (χ0) is 22.1. The van der Waals surface area contributed by atoms with Crippen molar-refractivity contribution >= 4 is 6.29 Å². The van der Waals surface area contributed by atoms with Crippen LogP contribution in [0.2, 0.25) is 0 Å². The van der Waals surface area contributed by atoms with Crippen molar-refractivity contribution in [2.75, 3.05) is 0 Å². The summed E-state index contributed by atoms with van der Waals surface area (Å²) in [6.07, 6.45) is 9.09. The monoisotopic (exact) mass is 415 g/mol. The van der Waals surface area contributed by atoms with Gasteiger partial charge in [-0.15, -0.1) is 0 Å². The van der Waals surface area contributed by atoms with Crippen molar-refractivity contribution in [2.24, 2.45) is 0 Å². The number of rotatable bonds is 19. The largest absolute Gasteiger partial charge is 0.386 e. The summed E-state index contributed by atoms with van der Waals surface area (Å²) in [4.78, 5) is 31.4. The normalized spacial score (nSPS) is 15.7. The topological polar surface area (TPSA) is 144 Å². The van der Waals surface area contributed by atoms with E-state index < -0.39 is 40.6 Å². The number of hydrogen-bond donors (Lipinski definition) is 2. The molecule has 0 saturated carbocycles. The molecule has 0 rings (SSSR count). The van der Waals surface area contributed by atoms with Gasteiger partial charge in [0.15, 0.2) is 6.29 Å². The maximum Gasteiger partial charge on any atom is 0.241 e. The zero-order valence-electron chi connectivity index (χ0n) is 17.3. The summed E-state index contributed by atoms with van der Waals surface area (Å²) in [6, 6.07) is -2.75. The molecule has 0 saturated heterocycles. The van der Waals surface area contributed by atoms with E-state index in [1.165, 1.54) is 0 Å². The van der Waals surface area contributed by atoms with Gasteiger partial charge in [-0.05, 0) is 25.7 Å². The van der Waals surface area contributed by atoms with Crippen LogP contribution in [0.1, 0.15) is 84.0 Å². The summed E-state index contributed by atoms with van der Waals surface area (Å²) in [6.45, 7) is 2.10. The second-order valence-corrected chi connectivity index (χ2v) is 7.38. The smallest absolute Gasteiger partial charge is 0.241 e. The highest BCUT2D eigenvalue weighted by molar-refractivity contribution is 5.50. The molecule has 0 aliphatic carbocycles. The van der Waals surface area contributed by atoms with Crippen molar-refractivity contribution in [3.05, 3.63) is 32.4 Å². The molecular weight excluding hydrogens is 380 g/mol. The van der Waals surface area contributed by atoms with Crippen molar-refractivity contribution in [1.29, 1.82) is 0 Å². The molecule has 29 heavy (non-hydrogen) atoms. The molecule has 0 aliphatic heterocycles. The van der Waals surface area contributed by atoms with E-state index in [4.69, 9.17) is 0 Å². The number of hydrogen-bond acceptors (Lipinski definition) is 7. The first-order valence-corrected chi connectivity index (χ1v) is 10.5. The van der Waals surface area contributed by atoms with E-state index in [-0.39, 0.29) is 12.8 Å². The van der Waals surface area contributed by atoms with Crippen LogP contribution in [0.15, 0.2) is 12.2 Å². The maximum atomic E-state index is 11.3. The van der Waals surface area contributed by atoms with Gasteiger partial charge in [0.05, 0.1) is 6.42 Å². The Labute approximate surface area is 172 Å². The van der Waals surface area contributed by atoms with E-state index in [1.54, 1.807) is 18.4 Å². The molecule has 2 N–H and O–H groups in total. The fourth-order valence-corrected chi connectivity index (χ4v) is 3.16. The van der Waals surface area contributed by atoms with Crippen LogP contribution in [-0.2, 0) is 4.79 Å². The molecule has 9 heteroatoms. The number of nitrogens with zero attached hydrogens (tertiary/aromatic N) is 2. The first-order valence-electron chi connectivity index (χ1n) is 10.5. The van der Waals surface area contributed by atoms with Gasteiger partial charge < -0.3 is 10.2 Å². The van der Waals surface area contributed by atoms with E-state index in [0.29, 0.717) is 25.7 Å². The van der Waals surface area contributed by atoms with Crippen LogP contribution in [0.25, 0.3) is 0 Å². The first-order chi connectivity index (χ1) is 13.8. The molecule has 0 amide bonds. The van der Waals surface area contributed by atoms with E-state index >= 15 is 0 Å². The summed E-state index contributed by atoms with van der Waals surface area (Å²) >= 11 is 0. The number of aliphatic hydroxyl groups excluding tert-OH is 2. The van der Waals surface area contributed by atoms with Crippen molar-refractivity contribution in [2.45, 2.75) is 108 Å². The molecule has 0 bridgehead atoms. The molecule has 0 heterocycles. The quantitative estimate of drug-likeness (QED) is 0.142. The third-order valence-corrected chi connectivity index (χ3v) is 4.96. The summed E-state index contributed by atoms with van der Waals surface area (Å²) < 4.78 is 0. The van der Waals surface area contributed by atoms with Crippen LogP contribution in [0.3, 0.4) is 0 Å². The average Bonchev–Trinajstić information content (AvgIpc) is 2.67. The summed E-state index contributed by atoms with van der Waals surface area (Å²) in [7, 11) is 0. The Bertz CT molecular complexity index is 499. The second-order valence-electron chi connectivity index (χ2n) is 7.38. The molecule has 0 aromatic heterocycles. The lowest BCUT2D eigenvalue weighted by atomic mass is 9.94. The minimum atomic E-state index is -1.49. The van der Waals surface area contributed by atoms with Crippen molar-refractivity contribution < 1.29 is 24.9 Å². The molecule has 1 radical (unpaired) electrons. The van der Waals surface area contributed by atoms with Crippen LogP contribution in [0.5, 0.6) is 0 Å². The Kier molecular flexibility index (Phi) is 15.9. The molecule has 0 aromatic carbocycles. The van der Waals surface area contributed by atoms with Gasteiger partial charge in [-0.1, -0.05) is 51.2 Å². The Morgan fingerprint density at radius 1 is 0.897 bits per heavy atom. The van der Waals surface area contributed by atoms with Gasteiger partial charge in [0.1, 0.15) is 12.2 Å². The molecule has 4 unspecified atom stereocenters. The highest BCUT2D eigenvalue weighted by atomic mass is 16.6. The Hall–Kier alpha value is -1.87. The average molecular weight is 416 g/mol. The Balaban J connectivity index is 4.60. The highest BCUT2D eigenvalue weighted by Crippen LogP contribution is 2.19. The fourth-order valence-electron chi connectivity index (χ4n) is 3.16. The van der Waals surface area contributed by atoms with Gasteiger partial charge in [-0.2, -0.15) is 0 Å². The van der Waals surface area contributed by atoms with Crippen LogP contribution in [0, 0.1) is 20.2 Å². The van der Waals surface area contributed by atoms with E-state index in [0.717, 1.165) is 32.1 Å². The van der Waals surface area contributed by atoms with Crippen LogP contribution >= 0.6 is 0 Å². The number of unbranched alkanes of at least 4 members (excludes halogenated alkanes) is 7. The van der Waals surface area contributed by atoms with Crippen LogP contribution in [-0.4, -0.2) is 50.6 Å². The number of carbonyl (C=O) groups excluding carboxylic acids is 1. The Morgan fingerprint density at radius 3 is 2.10 bits per heavy atom. The molecule has 0 spiro atoms. The predicted molar refractivity (Wildman–Crippen MR) is 109 cm³/mol. The van der Waals surface area contributed by atoms with Crippen LogP contribution in [0.4, 0.5) is 0 Å². The first kappa shape index (κ1) is 27.1. The molecule has 167 valence electrons. The zero-order valence-corrected chi connectivity index (χ0v) is 17.3. The lowest BCUT2D eigenvalue weighted by Gasteiger charge is -2.20. The number of nitro groups is 2. The van der Waals surface area contributed by atoms with E-state index in [1.807, 2.05) is 0 Å². The van der Waals surface area contributed by atoms with Gasteiger partial charge >= 0.3 is 0 Å². The summed E-state index contributed by atoms with van der Waals surface area (Å²) in [5, 5.41) is 43.0. The molecular formula is C20H35N2O7. The lowest BCUT2D eigenvalue weighted by molar-refractivity contribution is -0.554. The number of aliphatic hydroxyl groups is 2. The molecule has 0 fully saturated rings. The molecule has 0 aliphatic rings. The van der Waals surface area contributed by atoms with Gasteiger partial charge in [-0.3, -0.25) is 25.0 Å². The molecule has 4 atom stereocenters. The summed E-state index contributed by atoms with van der Waals surface area (Å²) in [5.41, 5.74) is 0. The standard InChI is InChI=1S/C20H35N2O7/c1-2-3-4-5-7-10-13-17(21(26)27)20(25)16-18(22(28)29)19(24)14-11-8-6-9-12-15-23/h8,11,17-20,24-25H,2-7,9-10,12-14,16H2,1H3/b11-8-. The number of allylic oxidation sites excluding steroid dienone is 1. The molecule has 9 nitrogen and oxygen atoms in total. The van der Waals surface area contributed by atoms with Gasteiger partial charge in [0.2, 0.25) is 12.1 Å². The van der Waals surface area contributed by atoms with Crippen molar-refractivity contribution in [3.63, 3.8) is 0 Å². The predicted octanol–water partition coefficient (Wildman–Crippen LogP) is 3.37. The van der Waals surface area contributed by atoms with Crippen LogP contribution < -0.4 is 0 Å². The minimum Gasteiger partial charge on any atom is -0.386 e. The highest BCUT2D eigenvalue weighted by Gasteiger charge is 2.38. The maximum absolute atomic E-state index is 11.3. The summed E-state index contributed by atoms with van der Waals surface area (Å²) in [5.74, 6) is 0. The Morgan fingerprint density at radius 2 is 1.52 bits per heavy atom. The SMILES string of the molecule is CCCCCCCCC(C(O)CC(C(O)C/C=C\CCC[C]=O)[N+](=O)[O-])[N+](=O)[O-]. The van der Waals surface area contributed by atoms with Gasteiger partial charge in [0, 0.05) is 22.7 Å².